The van der Waals surface area contributed by atoms with Gasteiger partial charge in [0.15, 0.2) is 0 Å². The Morgan fingerprint density at radius 3 is 2.46 bits per heavy atom. The summed E-state index contributed by atoms with van der Waals surface area (Å²) in [5, 5.41) is 18.0. The molecule has 1 aromatic heterocycles. The molecule has 180 valence electrons. The number of aromatic nitrogens is 1. The maximum absolute atomic E-state index is 11.1. The molecule has 2 aromatic carbocycles. The fourth-order valence-corrected chi connectivity index (χ4v) is 6.01. The van der Waals surface area contributed by atoms with Crippen LogP contribution in [0.5, 0.6) is 0 Å². The Labute approximate surface area is 209 Å². The van der Waals surface area contributed by atoms with Crippen LogP contribution in [0.4, 0.5) is 11.4 Å². The Kier molecular flexibility index (Phi) is 6.05. The number of allylic oxidation sites excluding steroid dienone is 2. The molecule has 0 saturated heterocycles. The fraction of sp³-hybridized carbons (Fsp3) is 0.357. The molecule has 0 N–H and O–H groups in total. The molecule has 1 fully saturated rings. The second-order valence-electron chi connectivity index (χ2n) is 10.4. The Morgan fingerprint density at radius 1 is 1.14 bits per heavy atom. The van der Waals surface area contributed by atoms with Crippen molar-refractivity contribution in [2.45, 2.75) is 46.5 Å². The third kappa shape index (κ3) is 4.41. The zero-order valence-corrected chi connectivity index (χ0v) is 21.3. The molecule has 1 heterocycles. The average Bonchev–Trinajstić information content (AvgIpc) is 3.25. The van der Waals surface area contributed by atoms with Crippen molar-refractivity contribution in [3.8, 4) is 11.3 Å². The molecule has 2 bridgehead atoms. The van der Waals surface area contributed by atoms with Crippen LogP contribution in [0.15, 0.2) is 75.7 Å². The predicted octanol–water partition coefficient (Wildman–Crippen LogP) is 7.31. The lowest BCUT2D eigenvalue weighted by molar-refractivity contribution is -0.384. The van der Waals surface area contributed by atoms with Gasteiger partial charge >= 0.3 is 0 Å². The molecule has 3 aliphatic rings. The van der Waals surface area contributed by atoms with E-state index in [1.165, 1.54) is 41.0 Å². The van der Waals surface area contributed by atoms with Gasteiger partial charge in [0, 0.05) is 23.1 Å². The molecule has 2 atom stereocenters. The molecule has 0 spiro atoms. The minimum Gasteiger partial charge on any atom is -0.258 e. The number of fused-ring (bicyclic) bond motifs is 1. The van der Waals surface area contributed by atoms with Crippen LogP contribution in [0.1, 0.15) is 52.0 Å². The number of non-ortho nitro benzene ring substituents is 1. The van der Waals surface area contributed by atoms with E-state index in [1.807, 2.05) is 28.4 Å². The van der Waals surface area contributed by atoms with E-state index in [1.54, 1.807) is 12.1 Å². The van der Waals surface area contributed by atoms with Gasteiger partial charge in [-0.3, -0.25) is 10.1 Å². The van der Waals surface area contributed by atoms with Crippen molar-refractivity contribution in [2.75, 3.05) is 0 Å². The quantitative estimate of drug-likeness (QED) is 0.208. The minimum atomic E-state index is -0.381. The lowest BCUT2D eigenvalue weighted by Crippen LogP contribution is -2.48. The van der Waals surface area contributed by atoms with Crippen molar-refractivity contribution in [3.05, 3.63) is 86.0 Å². The van der Waals surface area contributed by atoms with Gasteiger partial charge in [0.05, 0.1) is 22.5 Å². The molecule has 3 aliphatic carbocycles. The lowest BCUT2D eigenvalue weighted by Gasteiger charge is -2.55. The summed E-state index contributed by atoms with van der Waals surface area (Å²) in [4.78, 5) is 16.4. The summed E-state index contributed by atoms with van der Waals surface area (Å²) in [5.41, 5.74) is 5.56. The van der Waals surface area contributed by atoms with Gasteiger partial charge in [-0.2, -0.15) is 5.10 Å². The first-order valence-electron chi connectivity index (χ1n) is 12.1. The maximum atomic E-state index is 11.1. The van der Waals surface area contributed by atoms with Crippen LogP contribution in [0, 0.1) is 27.4 Å². The smallest absolute Gasteiger partial charge is 0.258 e. The van der Waals surface area contributed by atoms with Gasteiger partial charge in [-0.25, -0.2) is 9.67 Å². The van der Waals surface area contributed by atoms with Crippen molar-refractivity contribution >= 4 is 28.9 Å². The molecule has 6 nitrogen and oxygen atoms in total. The van der Waals surface area contributed by atoms with Crippen molar-refractivity contribution in [3.63, 3.8) is 0 Å². The predicted molar refractivity (Wildman–Crippen MR) is 142 cm³/mol. The number of benzene rings is 2. The monoisotopic (exact) mass is 486 g/mol. The first kappa shape index (κ1) is 23.4. The Balaban J connectivity index is 1.56. The molecule has 1 saturated carbocycles. The van der Waals surface area contributed by atoms with E-state index in [2.05, 4.69) is 45.9 Å². The number of hydrogen-bond acceptors (Lipinski definition) is 5. The van der Waals surface area contributed by atoms with Crippen molar-refractivity contribution < 1.29 is 4.92 Å². The van der Waals surface area contributed by atoms with Gasteiger partial charge in [0.25, 0.3) is 5.69 Å². The number of nitro groups is 1. The van der Waals surface area contributed by atoms with Gasteiger partial charge in [-0.1, -0.05) is 45.9 Å². The topological polar surface area (TPSA) is 72.8 Å². The molecule has 2 unspecified atom stereocenters. The Morgan fingerprint density at radius 2 is 1.86 bits per heavy atom. The van der Waals surface area contributed by atoms with Crippen molar-refractivity contribution in [1.29, 1.82) is 0 Å². The molecule has 35 heavy (non-hydrogen) atoms. The van der Waals surface area contributed by atoms with Crippen LogP contribution in [-0.2, 0) is 0 Å². The van der Waals surface area contributed by atoms with Crippen LogP contribution in [0.3, 0.4) is 0 Å². The highest BCUT2D eigenvalue weighted by Crippen LogP contribution is 2.58. The van der Waals surface area contributed by atoms with E-state index in [0.29, 0.717) is 17.3 Å². The second kappa shape index (κ2) is 9.04. The second-order valence-corrected chi connectivity index (χ2v) is 11.2. The summed E-state index contributed by atoms with van der Waals surface area (Å²) in [6.45, 7) is 9.06. The van der Waals surface area contributed by atoms with Crippen LogP contribution < -0.4 is 4.80 Å². The van der Waals surface area contributed by atoms with E-state index >= 15 is 0 Å². The highest BCUT2D eigenvalue weighted by atomic mass is 32.1. The van der Waals surface area contributed by atoms with E-state index < -0.39 is 0 Å². The van der Waals surface area contributed by atoms with Crippen LogP contribution in [-0.4, -0.2) is 15.8 Å². The number of hydrogen-bond donors (Lipinski definition) is 0. The summed E-state index contributed by atoms with van der Waals surface area (Å²) in [7, 11) is 0. The maximum Gasteiger partial charge on any atom is 0.269 e. The summed E-state index contributed by atoms with van der Waals surface area (Å²) in [6.07, 6.45) is 6.65. The molecule has 0 amide bonds. The third-order valence-corrected chi connectivity index (χ3v) is 8.49. The van der Waals surface area contributed by atoms with Crippen LogP contribution >= 0.6 is 11.3 Å². The summed E-state index contributed by atoms with van der Waals surface area (Å²) < 4.78 is 1.86. The van der Waals surface area contributed by atoms with Gasteiger partial charge in [-0.05, 0) is 71.4 Å². The van der Waals surface area contributed by atoms with Gasteiger partial charge in [-0.15, -0.1) is 11.3 Å². The molecular formula is C28H30N4O2S. The van der Waals surface area contributed by atoms with E-state index in [4.69, 9.17) is 10.1 Å². The number of nitro benzene ring substituents is 1. The van der Waals surface area contributed by atoms with Crippen LogP contribution in [0.25, 0.3) is 11.3 Å². The summed E-state index contributed by atoms with van der Waals surface area (Å²) in [5.74, 6) is 1.78. The minimum absolute atomic E-state index is 0.0725. The first-order valence-corrected chi connectivity index (χ1v) is 13.0. The lowest BCUT2D eigenvalue weighted by atomic mass is 9.49. The number of nitrogens with zero attached hydrogens (tertiary/aromatic N) is 4. The Hall–Kier alpha value is -3.32. The standard InChI is InChI=1S/C28H30N4O2S/c1-18(2)19-6-11-23(12-7-19)30-27-31(29-16-21-5-10-22-15-25(21)28(22,3)4)26(17-35-27)20-8-13-24(14-9-20)32(33)34/h5-9,11-14,16-18,22,25H,10,15H2,1-4H3. The zero-order chi connectivity index (χ0) is 24.7. The molecule has 6 rings (SSSR count). The number of thiazole rings is 1. The molecule has 3 aromatic rings. The molecular weight excluding hydrogens is 456 g/mol. The van der Waals surface area contributed by atoms with Crippen molar-refractivity contribution in [2.24, 2.45) is 27.3 Å². The van der Waals surface area contributed by atoms with E-state index in [-0.39, 0.29) is 10.6 Å². The molecule has 0 aliphatic heterocycles. The zero-order valence-electron chi connectivity index (χ0n) is 20.5. The highest BCUT2D eigenvalue weighted by molar-refractivity contribution is 7.07. The normalized spacial score (nSPS) is 21.3. The Bertz CT molecular complexity index is 1380. The first-order chi connectivity index (χ1) is 16.7. The molecule has 7 heteroatoms. The SMILES string of the molecule is CC(C)c1ccc(N=c2scc(-c3ccc([N+](=O)[O-])cc3)n2N=CC2=CCC3CC2C3(C)C)cc1. The average molecular weight is 487 g/mol. The molecule has 0 radical (unpaired) electrons. The fourth-order valence-electron chi connectivity index (χ4n) is 5.15. The number of rotatable bonds is 6. The van der Waals surface area contributed by atoms with E-state index in [9.17, 15) is 10.1 Å². The van der Waals surface area contributed by atoms with Gasteiger partial charge in [0.1, 0.15) is 0 Å². The summed E-state index contributed by atoms with van der Waals surface area (Å²) in [6, 6.07) is 14.9. The van der Waals surface area contributed by atoms with Gasteiger partial charge < -0.3 is 0 Å². The third-order valence-electron chi connectivity index (χ3n) is 7.68. The summed E-state index contributed by atoms with van der Waals surface area (Å²) >= 11 is 1.51. The van der Waals surface area contributed by atoms with Crippen molar-refractivity contribution in [1.82, 2.24) is 4.68 Å². The largest absolute Gasteiger partial charge is 0.269 e. The van der Waals surface area contributed by atoms with Crippen LogP contribution in [0.2, 0.25) is 0 Å². The highest BCUT2D eigenvalue weighted by Gasteiger charge is 2.50. The van der Waals surface area contributed by atoms with Gasteiger partial charge in [0.2, 0.25) is 4.80 Å². The van der Waals surface area contributed by atoms with E-state index in [0.717, 1.165) is 34.1 Å².